The molecule has 0 aliphatic carbocycles. The summed E-state index contributed by atoms with van der Waals surface area (Å²) in [7, 11) is 1.93. The van der Waals surface area contributed by atoms with Crippen LogP contribution in [-0.4, -0.2) is 41.3 Å². The van der Waals surface area contributed by atoms with Crippen LogP contribution in [-0.2, 0) is 4.74 Å². The van der Waals surface area contributed by atoms with Gasteiger partial charge in [-0.3, -0.25) is 4.90 Å². The van der Waals surface area contributed by atoms with Crippen LogP contribution < -0.4 is 4.90 Å². The quantitative estimate of drug-likeness (QED) is 0.820. The van der Waals surface area contributed by atoms with Gasteiger partial charge >= 0.3 is 6.09 Å². The first-order valence-electron chi connectivity index (χ1n) is 6.43. The lowest BCUT2D eigenvalue weighted by molar-refractivity contribution is -0.00494. The summed E-state index contributed by atoms with van der Waals surface area (Å²) in [5, 5.41) is 0. The molecular formula is C14H20N3O2. The zero-order valence-corrected chi connectivity index (χ0v) is 11.9. The van der Waals surface area contributed by atoms with Gasteiger partial charge in [-0.25, -0.2) is 9.78 Å². The van der Waals surface area contributed by atoms with Crippen molar-refractivity contribution in [3.8, 4) is 0 Å². The van der Waals surface area contributed by atoms with E-state index in [1.165, 1.54) is 0 Å². The molecule has 0 saturated carbocycles. The number of ether oxygens (including phenoxy) is 1. The van der Waals surface area contributed by atoms with Gasteiger partial charge in [-0.15, -0.1) is 0 Å². The third kappa shape index (κ3) is 3.16. The molecule has 1 radical (unpaired) electrons. The zero-order valence-electron chi connectivity index (χ0n) is 11.9. The molecule has 1 aromatic rings. The second-order valence-corrected chi connectivity index (χ2v) is 5.67. The average Bonchev–Trinajstić information content (AvgIpc) is 2.26. The van der Waals surface area contributed by atoms with Crippen LogP contribution in [0.5, 0.6) is 0 Å². The molecule has 1 saturated heterocycles. The summed E-state index contributed by atoms with van der Waals surface area (Å²) in [6.45, 7) is 6.34. The largest absolute Gasteiger partial charge is 0.444 e. The van der Waals surface area contributed by atoms with Gasteiger partial charge in [-0.05, 0) is 32.9 Å². The normalized spacial score (nSPS) is 18.7. The minimum absolute atomic E-state index is 0.0183. The first-order valence-corrected chi connectivity index (χ1v) is 6.43. The van der Waals surface area contributed by atoms with Gasteiger partial charge in [0.2, 0.25) is 0 Å². The van der Waals surface area contributed by atoms with Gasteiger partial charge in [0.05, 0.1) is 0 Å². The molecule has 1 aliphatic rings. The maximum absolute atomic E-state index is 12.0. The minimum Gasteiger partial charge on any atom is -0.444 e. The van der Waals surface area contributed by atoms with E-state index in [9.17, 15) is 4.79 Å². The first-order chi connectivity index (χ1) is 8.88. The molecule has 1 atom stereocenters. The Balaban J connectivity index is 2.01. The minimum atomic E-state index is -0.463. The second kappa shape index (κ2) is 5.07. The van der Waals surface area contributed by atoms with Crippen LogP contribution in [0.15, 0.2) is 18.3 Å². The Hall–Kier alpha value is -1.78. The van der Waals surface area contributed by atoms with Gasteiger partial charge in [0, 0.05) is 32.3 Å². The summed E-state index contributed by atoms with van der Waals surface area (Å²) in [6, 6.07) is 6.58. The van der Waals surface area contributed by atoms with Gasteiger partial charge in [0.25, 0.3) is 0 Å². The molecule has 1 aromatic heterocycles. The number of nitrogens with zero attached hydrogens (tertiary/aromatic N) is 3. The topological polar surface area (TPSA) is 45.7 Å². The summed E-state index contributed by atoms with van der Waals surface area (Å²) >= 11 is 0. The van der Waals surface area contributed by atoms with Crippen molar-refractivity contribution in [3.05, 3.63) is 24.4 Å². The van der Waals surface area contributed by atoms with Crippen LogP contribution in [0.3, 0.4) is 0 Å². The Labute approximate surface area is 114 Å². The number of hydrogen-bond acceptors (Lipinski definition) is 4. The first kappa shape index (κ1) is 13.6. The van der Waals surface area contributed by atoms with Crippen molar-refractivity contribution in [1.29, 1.82) is 0 Å². The molecular weight excluding hydrogens is 242 g/mol. The molecule has 0 bridgehead atoms. The van der Waals surface area contributed by atoms with Crippen LogP contribution in [0.25, 0.3) is 0 Å². The molecule has 2 rings (SSSR count). The van der Waals surface area contributed by atoms with E-state index >= 15 is 0 Å². The van der Waals surface area contributed by atoms with E-state index in [4.69, 9.17) is 4.74 Å². The van der Waals surface area contributed by atoms with Gasteiger partial charge in [0.1, 0.15) is 17.6 Å². The number of carbonyl (C=O) groups is 1. The maximum Gasteiger partial charge on any atom is 0.411 e. The van der Waals surface area contributed by atoms with Crippen molar-refractivity contribution in [2.75, 3.05) is 18.5 Å². The molecule has 103 valence electrons. The number of hydrogen-bond donors (Lipinski definition) is 0. The zero-order chi connectivity index (χ0) is 14.0. The molecule has 0 spiro atoms. The Bertz CT molecular complexity index is 442. The Morgan fingerprint density at radius 1 is 1.58 bits per heavy atom. The van der Waals surface area contributed by atoms with E-state index in [0.717, 1.165) is 18.8 Å². The lowest BCUT2D eigenvalue weighted by Crippen LogP contribution is -2.60. The van der Waals surface area contributed by atoms with Crippen molar-refractivity contribution in [3.63, 3.8) is 0 Å². The Morgan fingerprint density at radius 3 is 2.79 bits per heavy atom. The second-order valence-electron chi connectivity index (χ2n) is 5.67. The van der Waals surface area contributed by atoms with Crippen LogP contribution in [0.4, 0.5) is 10.6 Å². The van der Waals surface area contributed by atoms with Crippen LogP contribution in [0, 0.1) is 6.07 Å². The van der Waals surface area contributed by atoms with Gasteiger partial charge in [-0.2, -0.15) is 0 Å². The molecule has 0 aromatic carbocycles. The van der Waals surface area contributed by atoms with Crippen molar-refractivity contribution < 1.29 is 9.53 Å². The third-order valence-electron chi connectivity index (χ3n) is 3.02. The van der Waals surface area contributed by atoms with Gasteiger partial charge in [-0.1, -0.05) is 0 Å². The van der Waals surface area contributed by atoms with Crippen LogP contribution in [0.1, 0.15) is 27.2 Å². The highest BCUT2D eigenvalue weighted by Gasteiger charge is 2.38. The van der Waals surface area contributed by atoms with Crippen molar-refractivity contribution in [2.24, 2.45) is 0 Å². The fourth-order valence-corrected chi connectivity index (χ4v) is 1.98. The fourth-order valence-electron chi connectivity index (χ4n) is 1.98. The van der Waals surface area contributed by atoms with Crippen LogP contribution >= 0.6 is 0 Å². The summed E-state index contributed by atoms with van der Waals surface area (Å²) < 4.78 is 5.39. The molecule has 19 heavy (non-hydrogen) atoms. The number of anilines is 1. The van der Waals surface area contributed by atoms with E-state index in [2.05, 4.69) is 11.1 Å². The smallest absolute Gasteiger partial charge is 0.411 e. The van der Waals surface area contributed by atoms with E-state index in [1.807, 2.05) is 44.9 Å². The predicted octanol–water partition coefficient (Wildman–Crippen LogP) is 2.28. The number of rotatable bonds is 2. The van der Waals surface area contributed by atoms with Crippen LogP contribution in [0.2, 0.25) is 0 Å². The number of carbonyl (C=O) groups excluding carboxylic acids is 1. The maximum atomic E-state index is 12.0. The highest BCUT2D eigenvalue weighted by molar-refractivity contribution is 5.70. The summed E-state index contributed by atoms with van der Waals surface area (Å²) in [6.07, 6.45) is 2.31. The molecule has 2 heterocycles. The van der Waals surface area contributed by atoms with Gasteiger partial charge in [0.15, 0.2) is 0 Å². The predicted molar refractivity (Wildman–Crippen MR) is 72.8 cm³/mol. The Kier molecular flexibility index (Phi) is 3.64. The highest BCUT2D eigenvalue weighted by atomic mass is 16.6. The summed E-state index contributed by atoms with van der Waals surface area (Å²) in [4.78, 5) is 20.0. The van der Waals surface area contributed by atoms with E-state index in [0.29, 0.717) is 0 Å². The average molecular weight is 262 g/mol. The number of pyridine rings is 1. The summed E-state index contributed by atoms with van der Waals surface area (Å²) in [5.74, 6) is 0.831. The lowest BCUT2D eigenvalue weighted by atomic mass is 10.1. The number of amides is 1. The summed E-state index contributed by atoms with van der Waals surface area (Å²) in [5.41, 5.74) is -0.463. The fraction of sp³-hybridized carbons (Fsp3) is 0.571. The van der Waals surface area contributed by atoms with E-state index in [1.54, 1.807) is 11.1 Å². The molecule has 1 unspecified atom stereocenters. The third-order valence-corrected chi connectivity index (χ3v) is 3.02. The monoisotopic (exact) mass is 262 g/mol. The van der Waals surface area contributed by atoms with E-state index < -0.39 is 5.60 Å². The molecule has 0 N–H and O–H groups in total. The molecule has 1 amide bonds. The lowest BCUT2D eigenvalue weighted by Gasteiger charge is -2.46. The van der Waals surface area contributed by atoms with E-state index in [-0.39, 0.29) is 12.3 Å². The van der Waals surface area contributed by atoms with Crippen molar-refractivity contribution in [2.45, 2.75) is 39.0 Å². The number of aromatic nitrogens is 1. The molecule has 5 nitrogen and oxygen atoms in total. The highest BCUT2D eigenvalue weighted by Crippen LogP contribution is 2.26. The SMILES string of the molecule is CN(c1cc[c]cn1)C1CCN1C(=O)OC(C)(C)C. The van der Waals surface area contributed by atoms with Crippen molar-refractivity contribution in [1.82, 2.24) is 9.88 Å². The standard InChI is InChI=1S/C14H20N3O2/c1-14(2,3)19-13(18)17-10-8-12(17)16(4)11-7-5-6-9-15-11/h5,7,9,12H,8,10H2,1-4H3. The Morgan fingerprint density at radius 2 is 2.32 bits per heavy atom. The molecule has 1 fully saturated rings. The number of likely N-dealkylation sites (tertiary alicyclic amines) is 1. The van der Waals surface area contributed by atoms with Crippen molar-refractivity contribution >= 4 is 11.9 Å². The van der Waals surface area contributed by atoms with Gasteiger partial charge < -0.3 is 9.64 Å². The molecule has 5 heteroatoms. The molecule has 1 aliphatic heterocycles.